The molecule has 0 saturated carbocycles. The SMILES string of the molecule is COc1cc(OC)c([C@H]2CC(=O)O[C@@H]2C(C)N=[N+]=[N-])c(OC)c1. The van der Waals surface area contributed by atoms with E-state index in [9.17, 15) is 4.79 Å². The topological polar surface area (TPSA) is 103 Å². The fourth-order valence-corrected chi connectivity index (χ4v) is 2.82. The highest BCUT2D eigenvalue weighted by molar-refractivity contribution is 5.74. The molecular weight excluding hydrogens is 302 g/mol. The zero-order chi connectivity index (χ0) is 17.0. The van der Waals surface area contributed by atoms with Crippen molar-refractivity contribution in [1.82, 2.24) is 0 Å². The lowest BCUT2D eigenvalue weighted by Gasteiger charge is -2.24. The third-order valence-corrected chi connectivity index (χ3v) is 3.88. The molecule has 1 unspecified atom stereocenters. The first kappa shape index (κ1) is 16.8. The molecule has 1 fully saturated rings. The molecule has 0 aromatic heterocycles. The summed E-state index contributed by atoms with van der Waals surface area (Å²) < 4.78 is 21.4. The summed E-state index contributed by atoms with van der Waals surface area (Å²) in [5.41, 5.74) is 9.34. The highest BCUT2D eigenvalue weighted by Gasteiger charge is 2.42. The molecule has 8 nitrogen and oxygen atoms in total. The van der Waals surface area contributed by atoms with Crippen LogP contribution in [0, 0.1) is 0 Å². The van der Waals surface area contributed by atoms with Crippen LogP contribution in [-0.4, -0.2) is 39.4 Å². The second-order valence-electron chi connectivity index (χ2n) is 5.16. The molecule has 3 atom stereocenters. The van der Waals surface area contributed by atoms with Crippen LogP contribution in [0.15, 0.2) is 17.2 Å². The van der Waals surface area contributed by atoms with E-state index < -0.39 is 12.1 Å². The van der Waals surface area contributed by atoms with E-state index in [0.717, 1.165) is 0 Å². The lowest BCUT2D eigenvalue weighted by molar-refractivity contribution is -0.142. The number of nitrogens with zero attached hydrogens (tertiary/aromatic N) is 3. The minimum atomic E-state index is -0.574. The van der Waals surface area contributed by atoms with Gasteiger partial charge in [0.25, 0.3) is 0 Å². The summed E-state index contributed by atoms with van der Waals surface area (Å²) >= 11 is 0. The summed E-state index contributed by atoms with van der Waals surface area (Å²) in [6, 6.07) is 2.93. The standard InChI is InChI=1S/C15H19N3O5/c1-8(17-18-16)15-10(7-13(19)23-15)14-11(21-3)5-9(20-2)6-12(14)22-4/h5-6,8,10,15H,7H2,1-4H3/t8?,10-,15-/m1/s1. The third-order valence-electron chi connectivity index (χ3n) is 3.88. The largest absolute Gasteiger partial charge is 0.496 e. The van der Waals surface area contributed by atoms with Crippen molar-refractivity contribution in [3.8, 4) is 17.2 Å². The molecule has 0 N–H and O–H groups in total. The molecule has 0 amide bonds. The molecule has 1 saturated heterocycles. The predicted molar refractivity (Wildman–Crippen MR) is 81.9 cm³/mol. The number of carbonyl (C=O) groups is 1. The van der Waals surface area contributed by atoms with Crippen molar-refractivity contribution < 1.29 is 23.7 Å². The minimum Gasteiger partial charge on any atom is -0.496 e. The second-order valence-corrected chi connectivity index (χ2v) is 5.16. The molecule has 1 heterocycles. The average Bonchev–Trinajstić information content (AvgIpc) is 2.95. The second kappa shape index (κ2) is 7.11. The zero-order valence-corrected chi connectivity index (χ0v) is 13.5. The highest BCUT2D eigenvalue weighted by atomic mass is 16.6. The Kier molecular flexibility index (Phi) is 5.18. The number of methoxy groups -OCH3 is 3. The Morgan fingerprint density at radius 2 is 1.87 bits per heavy atom. The Balaban J connectivity index is 2.53. The van der Waals surface area contributed by atoms with E-state index in [0.29, 0.717) is 22.8 Å². The van der Waals surface area contributed by atoms with Gasteiger partial charge >= 0.3 is 5.97 Å². The van der Waals surface area contributed by atoms with E-state index in [1.54, 1.807) is 26.2 Å². The molecule has 0 bridgehead atoms. The summed E-state index contributed by atoms with van der Waals surface area (Å²) in [4.78, 5) is 14.6. The molecule has 1 aromatic rings. The molecule has 0 spiro atoms. The molecular formula is C15H19N3O5. The minimum absolute atomic E-state index is 0.162. The number of cyclic esters (lactones) is 1. The van der Waals surface area contributed by atoms with Crippen molar-refractivity contribution in [2.45, 2.75) is 31.4 Å². The van der Waals surface area contributed by atoms with Gasteiger partial charge in [-0.05, 0) is 5.53 Å². The van der Waals surface area contributed by atoms with Crippen LogP contribution in [0.25, 0.3) is 10.4 Å². The fourth-order valence-electron chi connectivity index (χ4n) is 2.82. The van der Waals surface area contributed by atoms with Gasteiger partial charge in [-0.1, -0.05) is 12.0 Å². The van der Waals surface area contributed by atoms with E-state index in [2.05, 4.69) is 10.0 Å². The van der Waals surface area contributed by atoms with Crippen LogP contribution < -0.4 is 14.2 Å². The normalized spacial score (nSPS) is 21.1. The Bertz CT molecular complexity index is 617. The van der Waals surface area contributed by atoms with Crippen LogP contribution in [0.1, 0.15) is 24.8 Å². The highest BCUT2D eigenvalue weighted by Crippen LogP contribution is 2.45. The van der Waals surface area contributed by atoms with Gasteiger partial charge in [0.15, 0.2) is 0 Å². The summed E-state index contributed by atoms with van der Waals surface area (Å²) in [5, 5.41) is 3.66. The fraction of sp³-hybridized carbons (Fsp3) is 0.533. The van der Waals surface area contributed by atoms with Crippen molar-refractivity contribution in [2.75, 3.05) is 21.3 Å². The quantitative estimate of drug-likeness (QED) is 0.347. The van der Waals surface area contributed by atoms with E-state index in [1.807, 2.05) is 0 Å². The molecule has 0 aliphatic carbocycles. The molecule has 124 valence electrons. The predicted octanol–water partition coefficient (Wildman–Crippen LogP) is 2.81. The van der Waals surface area contributed by atoms with Crippen molar-refractivity contribution in [3.63, 3.8) is 0 Å². The monoisotopic (exact) mass is 321 g/mol. The lowest BCUT2D eigenvalue weighted by atomic mass is 9.87. The lowest BCUT2D eigenvalue weighted by Crippen LogP contribution is -2.26. The maximum Gasteiger partial charge on any atom is 0.306 e. The smallest absolute Gasteiger partial charge is 0.306 e. The van der Waals surface area contributed by atoms with Crippen LogP contribution in [-0.2, 0) is 9.53 Å². The van der Waals surface area contributed by atoms with Gasteiger partial charge in [0.1, 0.15) is 23.4 Å². The van der Waals surface area contributed by atoms with Gasteiger partial charge in [0, 0.05) is 28.5 Å². The van der Waals surface area contributed by atoms with Crippen molar-refractivity contribution in [1.29, 1.82) is 0 Å². The van der Waals surface area contributed by atoms with Crippen LogP contribution in [0.5, 0.6) is 17.2 Å². The number of rotatable bonds is 6. The van der Waals surface area contributed by atoms with E-state index in [4.69, 9.17) is 24.5 Å². The van der Waals surface area contributed by atoms with Gasteiger partial charge < -0.3 is 18.9 Å². The number of esters is 1. The maximum atomic E-state index is 11.8. The number of carbonyl (C=O) groups excluding carboxylic acids is 1. The van der Waals surface area contributed by atoms with Gasteiger partial charge in [-0.15, -0.1) is 0 Å². The molecule has 1 aromatic carbocycles. The molecule has 0 radical (unpaired) electrons. The van der Waals surface area contributed by atoms with Gasteiger partial charge in [-0.3, -0.25) is 4.79 Å². The maximum absolute atomic E-state index is 11.8. The van der Waals surface area contributed by atoms with Crippen LogP contribution in [0.4, 0.5) is 0 Å². The van der Waals surface area contributed by atoms with Gasteiger partial charge in [0.2, 0.25) is 0 Å². The summed E-state index contributed by atoms with van der Waals surface area (Å²) in [7, 11) is 4.60. The van der Waals surface area contributed by atoms with Gasteiger partial charge in [-0.2, -0.15) is 0 Å². The zero-order valence-electron chi connectivity index (χ0n) is 13.5. The van der Waals surface area contributed by atoms with Gasteiger partial charge in [0.05, 0.1) is 33.8 Å². The first-order valence-corrected chi connectivity index (χ1v) is 7.09. The number of hydrogen-bond donors (Lipinski definition) is 0. The first-order chi connectivity index (χ1) is 11.0. The Morgan fingerprint density at radius 1 is 1.26 bits per heavy atom. The van der Waals surface area contributed by atoms with E-state index in [-0.39, 0.29) is 18.3 Å². The van der Waals surface area contributed by atoms with Crippen molar-refractivity contribution in [2.24, 2.45) is 5.11 Å². The number of hydrogen-bond acceptors (Lipinski definition) is 6. The third kappa shape index (κ3) is 3.27. The Hall–Kier alpha value is -2.60. The molecule has 1 aliphatic rings. The van der Waals surface area contributed by atoms with E-state index >= 15 is 0 Å². The first-order valence-electron chi connectivity index (χ1n) is 7.09. The molecule has 2 rings (SSSR count). The number of benzene rings is 1. The van der Waals surface area contributed by atoms with Crippen LogP contribution in [0.3, 0.4) is 0 Å². The molecule has 8 heteroatoms. The Morgan fingerprint density at radius 3 is 2.35 bits per heavy atom. The number of ether oxygens (including phenoxy) is 4. The summed E-state index contributed by atoms with van der Waals surface area (Å²) in [5.74, 6) is 0.955. The van der Waals surface area contributed by atoms with E-state index in [1.165, 1.54) is 14.2 Å². The molecule has 1 aliphatic heterocycles. The average molecular weight is 321 g/mol. The van der Waals surface area contributed by atoms with Gasteiger partial charge in [-0.25, -0.2) is 0 Å². The van der Waals surface area contributed by atoms with Crippen LogP contribution in [0.2, 0.25) is 0 Å². The molecule has 23 heavy (non-hydrogen) atoms. The summed E-state index contributed by atoms with van der Waals surface area (Å²) in [6.07, 6.45) is -0.413. The van der Waals surface area contributed by atoms with Crippen molar-refractivity contribution in [3.05, 3.63) is 28.1 Å². The Labute approximate surface area is 133 Å². The number of azide groups is 1. The van der Waals surface area contributed by atoms with Crippen molar-refractivity contribution >= 4 is 5.97 Å². The summed E-state index contributed by atoms with van der Waals surface area (Å²) in [6.45, 7) is 1.71. The van der Waals surface area contributed by atoms with Crippen LogP contribution >= 0.6 is 0 Å².